The summed E-state index contributed by atoms with van der Waals surface area (Å²) in [6.45, 7) is 11.3. The van der Waals surface area contributed by atoms with Crippen LogP contribution in [-0.4, -0.2) is 63.3 Å². The van der Waals surface area contributed by atoms with E-state index in [0.717, 1.165) is 73.3 Å². The van der Waals surface area contributed by atoms with Gasteiger partial charge in [-0.25, -0.2) is 0 Å². The number of amides is 2. The van der Waals surface area contributed by atoms with Crippen LogP contribution in [0.5, 0.6) is 11.5 Å². The number of benzene rings is 3. The summed E-state index contributed by atoms with van der Waals surface area (Å²) in [5.41, 5.74) is 8.29. The zero-order chi connectivity index (χ0) is 28.7. The predicted molar refractivity (Wildman–Crippen MR) is 158 cm³/mol. The zero-order valence-corrected chi connectivity index (χ0v) is 24.0. The highest BCUT2D eigenvalue weighted by molar-refractivity contribution is 6.02. The van der Waals surface area contributed by atoms with Crippen molar-refractivity contribution in [2.24, 2.45) is 11.1 Å². The minimum Gasteiger partial charge on any atom is -0.494 e. The van der Waals surface area contributed by atoms with Crippen molar-refractivity contribution in [2.45, 2.75) is 40.0 Å². The second-order valence-corrected chi connectivity index (χ2v) is 11.4. The van der Waals surface area contributed by atoms with Crippen LogP contribution in [0.25, 0.3) is 10.8 Å². The lowest BCUT2D eigenvalue weighted by molar-refractivity contribution is -0.115. The van der Waals surface area contributed by atoms with Crippen LogP contribution in [0, 0.1) is 5.41 Å². The minimum atomic E-state index is -0.597. The molecular weight excluding hydrogens is 506 g/mol. The lowest BCUT2D eigenvalue weighted by Crippen LogP contribution is -2.38. The number of methoxy groups -OCH3 is 1. The third-order valence-electron chi connectivity index (χ3n) is 7.15. The number of hydrogen-bond donors (Lipinski definition) is 2. The topological polar surface area (TPSA) is 103 Å². The molecule has 0 bridgehead atoms. The number of nitrogens with zero attached hydrogens (tertiary/aromatic N) is 1. The Morgan fingerprint density at radius 1 is 1.05 bits per heavy atom. The number of nitrogens with one attached hydrogen (secondary N) is 1. The molecule has 0 aliphatic carbocycles. The minimum absolute atomic E-state index is 0.121. The van der Waals surface area contributed by atoms with Crippen molar-refractivity contribution in [1.29, 1.82) is 0 Å². The second-order valence-electron chi connectivity index (χ2n) is 11.4. The lowest BCUT2D eigenvalue weighted by Gasteiger charge is -2.26. The number of nitrogens with two attached hydrogens (primary N) is 1. The Bertz CT molecular complexity index is 1340. The van der Waals surface area contributed by atoms with Gasteiger partial charge >= 0.3 is 0 Å². The normalized spacial score (nSPS) is 14.2. The first-order chi connectivity index (χ1) is 19.1. The second kappa shape index (κ2) is 13.2. The number of carbonyl (C=O) groups is 2. The standard InChI is InChI=1S/C32H41N3O5/c1-32(2,3)12-11-22-19-26(31(33)37)30(38-4)27(20-22)34-29(36)21-23-9-10-28(25-8-6-5-7-24(23)25)40-18-15-35-13-16-39-17-14-35/h5-10,19-20H,11-18,21H2,1-4H3,(H2,33,37)(H,34,36). The van der Waals surface area contributed by atoms with E-state index in [0.29, 0.717) is 12.3 Å². The van der Waals surface area contributed by atoms with Crippen LogP contribution in [0.15, 0.2) is 48.5 Å². The van der Waals surface area contributed by atoms with Gasteiger partial charge < -0.3 is 25.3 Å². The molecule has 3 N–H and O–H groups in total. The molecule has 8 nitrogen and oxygen atoms in total. The fourth-order valence-corrected chi connectivity index (χ4v) is 4.94. The van der Waals surface area contributed by atoms with Crippen molar-refractivity contribution in [2.75, 3.05) is 51.9 Å². The molecule has 3 aromatic rings. The molecule has 0 atom stereocenters. The van der Waals surface area contributed by atoms with E-state index < -0.39 is 5.91 Å². The Morgan fingerprint density at radius 3 is 2.45 bits per heavy atom. The molecule has 0 saturated carbocycles. The van der Waals surface area contributed by atoms with Gasteiger partial charge in [0.1, 0.15) is 12.4 Å². The molecule has 40 heavy (non-hydrogen) atoms. The summed E-state index contributed by atoms with van der Waals surface area (Å²) in [5.74, 6) is 0.259. The van der Waals surface area contributed by atoms with Crippen LogP contribution in [0.3, 0.4) is 0 Å². The van der Waals surface area contributed by atoms with Crippen molar-refractivity contribution in [3.8, 4) is 11.5 Å². The molecule has 1 fully saturated rings. The fourth-order valence-electron chi connectivity index (χ4n) is 4.94. The summed E-state index contributed by atoms with van der Waals surface area (Å²) in [7, 11) is 1.47. The molecule has 4 rings (SSSR count). The SMILES string of the molecule is COc1c(NC(=O)Cc2ccc(OCCN3CCOCC3)c3ccccc23)cc(CCC(C)(C)C)cc1C(N)=O. The van der Waals surface area contributed by atoms with E-state index in [-0.39, 0.29) is 29.1 Å². The van der Waals surface area contributed by atoms with Crippen molar-refractivity contribution < 1.29 is 23.8 Å². The molecule has 1 saturated heterocycles. The summed E-state index contributed by atoms with van der Waals surface area (Å²) >= 11 is 0. The van der Waals surface area contributed by atoms with E-state index in [1.54, 1.807) is 6.07 Å². The molecule has 8 heteroatoms. The Hall–Kier alpha value is -3.62. The highest BCUT2D eigenvalue weighted by Gasteiger charge is 2.20. The third-order valence-corrected chi connectivity index (χ3v) is 7.15. The average molecular weight is 548 g/mol. The smallest absolute Gasteiger partial charge is 0.252 e. The van der Waals surface area contributed by atoms with E-state index >= 15 is 0 Å². The van der Waals surface area contributed by atoms with Gasteiger partial charge in [-0.05, 0) is 53.0 Å². The van der Waals surface area contributed by atoms with E-state index in [1.165, 1.54) is 7.11 Å². The van der Waals surface area contributed by atoms with E-state index in [4.69, 9.17) is 19.9 Å². The number of carbonyl (C=O) groups excluding carboxylic acids is 2. The number of anilines is 1. The Balaban J connectivity index is 1.51. The van der Waals surface area contributed by atoms with Crippen LogP contribution in [0.2, 0.25) is 0 Å². The monoisotopic (exact) mass is 547 g/mol. The summed E-state index contributed by atoms with van der Waals surface area (Å²) in [6, 6.07) is 15.5. The van der Waals surface area contributed by atoms with Gasteiger partial charge in [-0.15, -0.1) is 0 Å². The van der Waals surface area contributed by atoms with Gasteiger partial charge in [0.15, 0.2) is 5.75 Å². The van der Waals surface area contributed by atoms with Gasteiger partial charge in [0, 0.05) is 25.0 Å². The molecule has 0 aromatic heterocycles. The number of primary amides is 1. The predicted octanol–water partition coefficient (Wildman–Crippen LogP) is 4.82. The molecule has 214 valence electrons. The first-order valence-corrected chi connectivity index (χ1v) is 13.9. The van der Waals surface area contributed by atoms with Gasteiger partial charge in [-0.2, -0.15) is 0 Å². The van der Waals surface area contributed by atoms with Crippen molar-refractivity contribution >= 4 is 28.3 Å². The molecule has 1 aliphatic rings. The first-order valence-electron chi connectivity index (χ1n) is 13.9. The molecular formula is C32H41N3O5. The maximum Gasteiger partial charge on any atom is 0.252 e. The van der Waals surface area contributed by atoms with Crippen molar-refractivity contribution in [1.82, 2.24) is 4.90 Å². The molecule has 0 radical (unpaired) electrons. The maximum absolute atomic E-state index is 13.3. The Labute approximate surface area is 236 Å². The number of ether oxygens (including phenoxy) is 3. The lowest BCUT2D eigenvalue weighted by atomic mass is 9.88. The van der Waals surface area contributed by atoms with Gasteiger partial charge in [-0.1, -0.05) is 51.1 Å². The average Bonchev–Trinajstić information content (AvgIpc) is 2.93. The molecule has 0 unspecified atom stereocenters. The molecule has 1 heterocycles. The zero-order valence-electron chi connectivity index (χ0n) is 24.0. The first kappa shape index (κ1) is 29.4. The van der Waals surface area contributed by atoms with Crippen LogP contribution in [0.4, 0.5) is 5.69 Å². The number of fused-ring (bicyclic) bond motifs is 1. The van der Waals surface area contributed by atoms with Crippen molar-refractivity contribution in [3.05, 3.63) is 65.2 Å². The highest BCUT2D eigenvalue weighted by atomic mass is 16.5. The molecule has 2 amide bonds. The molecule has 3 aromatic carbocycles. The number of morpholine rings is 1. The third kappa shape index (κ3) is 7.73. The molecule has 1 aliphatic heterocycles. The van der Waals surface area contributed by atoms with Crippen LogP contribution in [-0.2, 0) is 22.4 Å². The number of aryl methyl sites for hydroxylation is 1. The summed E-state index contributed by atoms with van der Waals surface area (Å²) in [5, 5.41) is 4.90. The fraction of sp³-hybridized carbons (Fsp3) is 0.438. The van der Waals surface area contributed by atoms with Gasteiger partial charge in [0.2, 0.25) is 5.91 Å². The van der Waals surface area contributed by atoms with Crippen LogP contribution >= 0.6 is 0 Å². The summed E-state index contributed by atoms with van der Waals surface area (Å²) < 4.78 is 17.1. The molecule has 0 spiro atoms. The summed E-state index contributed by atoms with van der Waals surface area (Å²) in [4.78, 5) is 27.9. The maximum atomic E-state index is 13.3. The highest BCUT2D eigenvalue weighted by Crippen LogP contribution is 2.33. The van der Waals surface area contributed by atoms with Gasteiger partial charge in [0.05, 0.1) is 38.0 Å². The van der Waals surface area contributed by atoms with Gasteiger partial charge in [-0.3, -0.25) is 14.5 Å². The summed E-state index contributed by atoms with van der Waals surface area (Å²) in [6.07, 6.45) is 1.81. The van der Waals surface area contributed by atoms with E-state index in [1.807, 2.05) is 42.5 Å². The van der Waals surface area contributed by atoms with E-state index in [9.17, 15) is 9.59 Å². The van der Waals surface area contributed by atoms with Crippen LogP contribution < -0.4 is 20.5 Å². The van der Waals surface area contributed by atoms with Crippen LogP contribution in [0.1, 0.15) is 48.7 Å². The number of rotatable bonds is 11. The van der Waals surface area contributed by atoms with Gasteiger partial charge in [0.25, 0.3) is 5.91 Å². The quantitative estimate of drug-likeness (QED) is 0.357. The Kier molecular flexibility index (Phi) is 9.66. The largest absolute Gasteiger partial charge is 0.494 e. The van der Waals surface area contributed by atoms with E-state index in [2.05, 4.69) is 31.0 Å². The van der Waals surface area contributed by atoms with Crippen molar-refractivity contribution in [3.63, 3.8) is 0 Å². The number of hydrogen-bond acceptors (Lipinski definition) is 6. The Morgan fingerprint density at radius 2 is 1.77 bits per heavy atom.